The van der Waals surface area contributed by atoms with Crippen molar-refractivity contribution in [3.63, 3.8) is 0 Å². The highest BCUT2D eigenvalue weighted by Crippen LogP contribution is 2.30. The van der Waals surface area contributed by atoms with Crippen LogP contribution in [0.3, 0.4) is 0 Å². The zero-order valence-electron chi connectivity index (χ0n) is 9.74. The highest BCUT2D eigenvalue weighted by molar-refractivity contribution is 5.18. The van der Waals surface area contributed by atoms with Crippen molar-refractivity contribution in [2.45, 2.75) is 44.1 Å². The summed E-state index contributed by atoms with van der Waals surface area (Å²) in [6.07, 6.45) is 6.96. The summed E-state index contributed by atoms with van der Waals surface area (Å²) in [6, 6.07) is 0. The fourth-order valence-corrected chi connectivity index (χ4v) is 2.50. The second-order valence-corrected chi connectivity index (χ2v) is 4.61. The van der Waals surface area contributed by atoms with Crippen molar-refractivity contribution < 1.29 is 0 Å². The Kier molecular flexibility index (Phi) is 3.00. The number of rotatable bonds is 3. The molecule has 0 saturated heterocycles. The minimum Gasteiger partial charge on any atom is -0.366 e. The van der Waals surface area contributed by atoms with E-state index in [0.717, 1.165) is 25.1 Å². The Bertz CT molecular complexity index is 352. The molecule has 0 spiro atoms. The van der Waals surface area contributed by atoms with Crippen molar-refractivity contribution in [2.24, 2.45) is 0 Å². The molecule has 6 heteroatoms. The molecule has 16 heavy (non-hydrogen) atoms. The molecule has 2 rings (SSSR count). The van der Waals surface area contributed by atoms with Crippen LogP contribution >= 0.6 is 0 Å². The summed E-state index contributed by atoms with van der Waals surface area (Å²) in [5.41, 5.74) is 5.69. The number of hydrogen-bond acceptors (Lipinski definition) is 5. The van der Waals surface area contributed by atoms with E-state index in [0.29, 0.717) is 0 Å². The van der Waals surface area contributed by atoms with Crippen molar-refractivity contribution in [3.8, 4) is 0 Å². The minimum atomic E-state index is 0.120. The lowest BCUT2D eigenvalue weighted by Gasteiger charge is -2.36. The first-order chi connectivity index (χ1) is 7.67. The number of anilines is 1. The third kappa shape index (κ3) is 1.97. The molecule has 1 heterocycles. The van der Waals surface area contributed by atoms with Gasteiger partial charge in [0.2, 0.25) is 5.95 Å². The van der Waals surface area contributed by atoms with E-state index >= 15 is 0 Å². The van der Waals surface area contributed by atoms with Crippen molar-refractivity contribution in [1.29, 1.82) is 0 Å². The van der Waals surface area contributed by atoms with E-state index in [4.69, 9.17) is 11.6 Å². The quantitative estimate of drug-likeness (QED) is 0.630. The fourth-order valence-electron chi connectivity index (χ4n) is 2.50. The van der Waals surface area contributed by atoms with Crippen LogP contribution in [0.25, 0.3) is 0 Å². The van der Waals surface area contributed by atoms with Crippen LogP contribution in [0.5, 0.6) is 0 Å². The van der Waals surface area contributed by atoms with E-state index in [1.54, 1.807) is 0 Å². The molecule has 0 bridgehead atoms. The summed E-state index contributed by atoms with van der Waals surface area (Å²) in [6.45, 7) is 0. The van der Waals surface area contributed by atoms with Crippen LogP contribution in [0.1, 0.15) is 37.9 Å². The number of nitrogens with two attached hydrogens (primary N) is 2. The molecule has 0 amide bonds. The maximum absolute atomic E-state index is 5.77. The van der Waals surface area contributed by atoms with Gasteiger partial charge in [0.05, 0.1) is 0 Å². The standard InChI is InChI=1S/C10H20N6/c1-13-10(5-3-2-4-6-10)7-8-14-15-9(11)16(8)12/h13H,2-7,12H2,1H3,(H2,11,15). The molecule has 1 aromatic rings. The van der Waals surface area contributed by atoms with Gasteiger partial charge >= 0.3 is 0 Å². The molecule has 90 valence electrons. The first kappa shape index (κ1) is 11.2. The predicted molar refractivity (Wildman–Crippen MR) is 63.2 cm³/mol. The summed E-state index contributed by atoms with van der Waals surface area (Å²) in [4.78, 5) is 0. The number of nitrogens with one attached hydrogen (secondary N) is 1. The lowest BCUT2D eigenvalue weighted by molar-refractivity contribution is 0.240. The number of likely N-dealkylation sites (N-methyl/N-ethyl adjacent to an activating group) is 1. The summed E-state index contributed by atoms with van der Waals surface area (Å²) in [5, 5.41) is 11.2. The zero-order valence-corrected chi connectivity index (χ0v) is 9.74. The van der Waals surface area contributed by atoms with Gasteiger partial charge in [-0.15, -0.1) is 10.2 Å². The zero-order chi connectivity index (χ0) is 11.6. The molecular weight excluding hydrogens is 204 g/mol. The number of nitrogen functional groups attached to an aromatic ring is 2. The molecule has 1 fully saturated rings. The lowest BCUT2D eigenvalue weighted by atomic mass is 9.79. The highest BCUT2D eigenvalue weighted by Gasteiger charge is 2.32. The molecule has 1 saturated carbocycles. The first-order valence-corrected chi connectivity index (χ1v) is 5.81. The second kappa shape index (κ2) is 4.29. The molecule has 0 unspecified atom stereocenters. The van der Waals surface area contributed by atoms with E-state index < -0.39 is 0 Å². The van der Waals surface area contributed by atoms with Gasteiger partial charge in [0.15, 0.2) is 5.82 Å². The van der Waals surface area contributed by atoms with Crippen molar-refractivity contribution >= 4 is 5.95 Å². The smallest absolute Gasteiger partial charge is 0.240 e. The molecule has 0 atom stereocenters. The Balaban J connectivity index is 2.14. The summed E-state index contributed by atoms with van der Waals surface area (Å²) in [5.74, 6) is 6.81. The molecular formula is C10H20N6. The topological polar surface area (TPSA) is 94.8 Å². The van der Waals surface area contributed by atoms with E-state index in [1.807, 2.05) is 7.05 Å². The van der Waals surface area contributed by atoms with Gasteiger partial charge in [0, 0.05) is 12.0 Å². The Morgan fingerprint density at radius 1 is 1.31 bits per heavy atom. The number of nitrogens with zero attached hydrogens (tertiary/aromatic N) is 3. The second-order valence-electron chi connectivity index (χ2n) is 4.61. The Hall–Kier alpha value is -1.30. The van der Waals surface area contributed by atoms with Crippen LogP contribution in [-0.4, -0.2) is 27.5 Å². The largest absolute Gasteiger partial charge is 0.366 e. The van der Waals surface area contributed by atoms with Gasteiger partial charge < -0.3 is 16.9 Å². The molecule has 1 aromatic heterocycles. The average Bonchev–Trinajstić information content (AvgIpc) is 2.62. The fraction of sp³-hybridized carbons (Fsp3) is 0.800. The summed E-state index contributed by atoms with van der Waals surface area (Å²) < 4.78 is 1.38. The lowest BCUT2D eigenvalue weighted by Crippen LogP contribution is -2.47. The molecule has 6 nitrogen and oxygen atoms in total. The molecule has 0 aliphatic heterocycles. The average molecular weight is 224 g/mol. The van der Waals surface area contributed by atoms with Crippen LogP contribution in [0.2, 0.25) is 0 Å². The van der Waals surface area contributed by atoms with Gasteiger partial charge in [-0.25, -0.2) is 4.68 Å². The van der Waals surface area contributed by atoms with Crippen LogP contribution in [0, 0.1) is 0 Å². The van der Waals surface area contributed by atoms with Gasteiger partial charge in [-0.2, -0.15) is 0 Å². The Labute approximate surface area is 95.4 Å². The maximum Gasteiger partial charge on any atom is 0.240 e. The Morgan fingerprint density at radius 2 is 2.00 bits per heavy atom. The van der Waals surface area contributed by atoms with Crippen molar-refractivity contribution in [3.05, 3.63) is 5.82 Å². The first-order valence-electron chi connectivity index (χ1n) is 5.81. The van der Waals surface area contributed by atoms with E-state index in [1.165, 1.54) is 23.9 Å². The van der Waals surface area contributed by atoms with Gasteiger partial charge in [-0.1, -0.05) is 19.3 Å². The minimum absolute atomic E-state index is 0.120. The molecule has 1 aliphatic rings. The normalized spacial score (nSPS) is 19.8. The maximum atomic E-state index is 5.77. The third-order valence-corrected chi connectivity index (χ3v) is 3.63. The number of aromatic nitrogens is 3. The van der Waals surface area contributed by atoms with E-state index in [-0.39, 0.29) is 11.5 Å². The number of hydrogen-bond donors (Lipinski definition) is 3. The third-order valence-electron chi connectivity index (χ3n) is 3.63. The van der Waals surface area contributed by atoms with Crippen molar-refractivity contribution in [1.82, 2.24) is 20.2 Å². The van der Waals surface area contributed by atoms with Gasteiger partial charge in [-0.05, 0) is 19.9 Å². The predicted octanol–water partition coefficient (Wildman–Crippen LogP) is 0.0389. The Morgan fingerprint density at radius 3 is 2.50 bits per heavy atom. The van der Waals surface area contributed by atoms with Gasteiger partial charge in [0.25, 0.3) is 0 Å². The molecule has 1 aliphatic carbocycles. The summed E-state index contributed by atoms with van der Waals surface area (Å²) >= 11 is 0. The van der Waals surface area contributed by atoms with Crippen LogP contribution < -0.4 is 16.9 Å². The molecule has 0 radical (unpaired) electrons. The van der Waals surface area contributed by atoms with E-state index in [9.17, 15) is 0 Å². The van der Waals surface area contributed by atoms with Gasteiger partial charge in [-0.3, -0.25) is 0 Å². The monoisotopic (exact) mass is 224 g/mol. The van der Waals surface area contributed by atoms with Crippen LogP contribution in [0.4, 0.5) is 5.95 Å². The SMILES string of the molecule is CNC1(Cc2nnc(N)n2N)CCCCC1. The van der Waals surface area contributed by atoms with E-state index in [2.05, 4.69) is 15.5 Å². The van der Waals surface area contributed by atoms with Crippen LogP contribution in [-0.2, 0) is 6.42 Å². The van der Waals surface area contributed by atoms with Gasteiger partial charge in [0.1, 0.15) is 0 Å². The summed E-state index contributed by atoms with van der Waals surface area (Å²) in [7, 11) is 2.01. The van der Waals surface area contributed by atoms with Crippen LogP contribution in [0.15, 0.2) is 0 Å². The molecule has 0 aromatic carbocycles. The van der Waals surface area contributed by atoms with Crippen molar-refractivity contribution in [2.75, 3.05) is 18.6 Å². The molecule has 5 N–H and O–H groups in total. The highest BCUT2D eigenvalue weighted by atomic mass is 15.4.